The highest BCUT2D eigenvalue weighted by Crippen LogP contribution is 2.22. The standard InChI is InChI=1S/C15H16N2O2/c1-11-7-8-17(10-11)15(18)13-9-14(19-16-13)12-5-3-2-4-6-12/h2-6,9,11H,7-8,10H2,1H3. The molecule has 1 fully saturated rings. The molecule has 1 amide bonds. The molecular formula is C15H16N2O2. The van der Waals surface area contributed by atoms with Gasteiger partial charge >= 0.3 is 0 Å². The number of rotatable bonds is 2. The van der Waals surface area contributed by atoms with Crippen molar-refractivity contribution in [1.29, 1.82) is 0 Å². The molecule has 98 valence electrons. The van der Waals surface area contributed by atoms with Crippen LogP contribution in [0.4, 0.5) is 0 Å². The molecule has 4 nitrogen and oxygen atoms in total. The predicted octanol–water partition coefficient (Wildman–Crippen LogP) is 2.82. The van der Waals surface area contributed by atoms with E-state index >= 15 is 0 Å². The fraction of sp³-hybridized carbons (Fsp3) is 0.333. The predicted molar refractivity (Wildman–Crippen MR) is 71.6 cm³/mol. The number of hydrogen-bond donors (Lipinski definition) is 0. The van der Waals surface area contributed by atoms with E-state index in [2.05, 4.69) is 12.1 Å². The minimum atomic E-state index is -0.0321. The monoisotopic (exact) mass is 256 g/mol. The summed E-state index contributed by atoms with van der Waals surface area (Å²) in [6.45, 7) is 3.78. The molecule has 1 atom stereocenters. The van der Waals surface area contributed by atoms with E-state index in [0.717, 1.165) is 25.1 Å². The van der Waals surface area contributed by atoms with E-state index in [9.17, 15) is 4.79 Å². The molecule has 1 saturated heterocycles. The number of carbonyl (C=O) groups excluding carboxylic acids is 1. The Hall–Kier alpha value is -2.10. The fourth-order valence-electron chi connectivity index (χ4n) is 2.40. The molecule has 1 aliphatic heterocycles. The number of benzene rings is 1. The third-order valence-electron chi connectivity index (χ3n) is 3.50. The first kappa shape index (κ1) is 12.0. The number of aromatic nitrogens is 1. The Morgan fingerprint density at radius 1 is 1.37 bits per heavy atom. The number of likely N-dealkylation sites (tertiary alicyclic amines) is 1. The first-order valence-corrected chi connectivity index (χ1v) is 6.55. The maximum atomic E-state index is 12.2. The van der Waals surface area contributed by atoms with Gasteiger partial charge in [-0.2, -0.15) is 0 Å². The quantitative estimate of drug-likeness (QED) is 0.830. The fourth-order valence-corrected chi connectivity index (χ4v) is 2.40. The molecule has 1 aliphatic rings. The van der Waals surface area contributed by atoms with Crippen molar-refractivity contribution in [2.45, 2.75) is 13.3 Å². The van der Waals surface area contributed by atoms with Gasteiger partial charge in [-0.1, -0.05) is 42.4 Å². The van der Waals surface area contributed by atoms with Crippen molar-refractivity contribution >= 4 is 5.91 Å². The zero-order chi connectivity index (χ0) is 13.2. The Kier molecular flexibility index (Phi) is 3.07. The Balaban J connectivity index is 1.80. The summed E-state index contributed by atoms with van der Waals surface area (Å²) in [5, 5.41) is 3.90. The van der Waals surface area contributed by atoms with Crippen molar-refractivity contribution in [1.82, 2.24) is 10.1 Å². The molecule has 0 N–H and O–H groups in total. The summed E-state index contributed by atoms with van der Waals surface area (Å²) in [6.07, 6.45) is 1.06. The minimum Gasteiger partial charge on any atom is -0.355 e. The third kappa shape index (κ3) is 2.38. The van der Waals surface area contributed by atoms with Crippen LogP contribution in [-0.2, 0) is 0 Å². The zero-order valence-corrected chi connectivity index (χ0v) is 10.9. The van der Waals surface area contributed by atoms with Crippen LogP contribution >= 0.6 is 0 Å². The number of hydrogen-bond acceptors (Lipinski definition) is 3. The molecule has 3 rings (SSSR count). The number of nitrogens with zero attached hydrogens (tertiary/aromatic N) is 2. The summed E-state index contributed by atoms with van der Waals surface area (Å²) in [5.74, 6) is 1.18. The van der Waals surface area contributed by atoms with Crippen LogP contribution in [0.25, 0.3) is 11.3 Å². The summed E-state index contributed by atoms with van der Waals surface area (Å²) in [6, 6.07) is 11.4. The van der Waals surface area contributed by atoms with Crippen molar-refractivity contribution in [2.24, 2.45) is 5.92 Å². The normalized spacial score (nSPS) is 18.8. The van der Waals surface area contributed by atoms with Crippen LogP contribution in [0, 0.1) is 5.92 Å². The van der Waals surface area contributed by atoms with Gasteiger partial charge in [0.25, 0.3) is 5.91 Å². The van der Waals surface area contributed by atoms with E-state index in [4.69, 9.17) is 4.52 Å². The SMILES string of the molecule is CC1CCN(C(=O)c2cc(-c3ccccc3)on2)C1. The Labute approximate surface area is 112 Å². The minimum absolute atomic E-state index is 0.0321. The lowest BCUT2D eigenvalue weighted by Gasteiger charge is -2.13. The third-order valence-corrected chi connectivity index (χ3v) is 3.50. The summed E-state index contributed by atoms with van der Waals surface area (Å²) in [4.78, 5) is 14.1. The summed E-state index contributed by atoms with van der Waals surface area (Å²) >= 11 is 0. The molecule has 0 bridgehead atoms. The van der Waals surface area contributed by atoms with Crippen LogP contribution in [0.5, 0.6) is 0 Å². The van der Waals surface area contributed by atoms with E-state index in [1.807, 2.05) is 35.2 Å². The van der Waals surface area contributed by atoms with E-state index in [0.29, 0.717) is 17.4 Å². The average Bonchev–Trinajstić information content (AvgIpc) is 3.08. The van der Waals surface area contributed by atoms with Gasteiger partial charge in [-0.3, -0.25) is 4.79 Å². The molecule has 0 saturated carbocycles. The molecular weight excluding hydrogens is 240 g/mol. The first-order chi connectivity index (χ1) is 9.24. The topological polar surface area (TPSA) is 46.3 Å². The molecule has 2 aromatic rings. The lowest BCUT2D eigenvalue weighted by Crippen LogP contribution is -2.28. The van der Waals surface area contributed by atoms with Crippen LogP contribution in [0.2, 0.25) is 0 Å². The average molecular weight is 256 g/mol. The Morgan fingerprint density at radius 2 is 2.16 bits per heavy atom. The van der Waals surface area contributed by atoms with Crippen LogP contribution < -0.4 is 0 Å². The molecule has 1 unspecified atom stereocenters. The molecule has 1 aromatic heterocycles. The van der Waals surface area contributed by atoms with Gasteiger partial charge in [-0.15, -0.1) is 0 Å². The summed E-state index contributed by atoms with van der Waals surface area (Å²) in [5.41, 5.74) is 1.33. The lowest BCUT2D eigenvalue weighted by atomic mass is 10.1. The van der Waals surface area contributed by atoms with Crippen molar-refractivity contribution < 1.29 is 9.32 Å². The van der Waals surface area contributed by atoms with E-state index in [-0.39, 0.29) is 5.91 Å². The lowest BCUT2D eigenvalue weighted by molar-refractivity contribution is 0.0778. The van der Waals surface area contributed by atoms with Crippen LogP contribution in [0.15, 0.2) is 40.9 Å². The first-order valence-electron chi connectivity index (χ1n) is 6.55. The van der Waals surface area contributed by atoms with E-state index in [1.165, 1.54) is 0 Å². The highest BCUT2D eigenvalue weighted by atomic mass is 16.5. The summed E-state index contributed by atoms with van der Waals surface area (Å²) in [7, 11) is 0. The molecule has 0 radical (unpaired) electrons. The van der Waals surface area contributed by atoms with Gasteiger partial charge in [0.15, 0.2) is 11.5 Å². The van der Waals surface area contributed by atoms with E-state index in [1.54, 1.807) is 6.07 Å². The number of amides is 1. The van der Waals surface area contributed by atoms with Gasteiger partial charge in [-0.25, -0.2) is 0 Å². The van der Waals surface area contributed by atoms with Gasteiger partial charge in [0.2, 0.25) is 0 Å². The summed E-state index contributed by atoms with van der Waals surface area (Å²) < 4.78 is 5.26. The highest BCUT2D eigenvalue weighted by molar-refractivity contribution is 5.93. The number of carbonyl (C=O) groups is 1. The van der Waals surface area contributed by atoms with Crippen LogP contribution in [-0.4, -0.2) is 29.1 Å². The van der Waals surface area contributed by atoms with Gasteiger partial charge in [0.1, 0.15) is 0 Å². The smallest absolute Gasteiger partial charge is 0.276 e. The maximum Gasteiger partial charge on any atom is 0.276 e. The van der Waals surface area contributed by atoms with Crippen molar-refractivity contribution in [3.63, 3.8) is 0 Å². The van der Waals surface area contributed by atoms with Gasteiger partial charge in [-0.05, 0) is 12.3 Å². The second kappa shape index (κ2) is 4.88. The highest BCUT2D eigenvalue weighted by Gasteiger charge is 2.26. The molecule has 0 spiro atoms. The van der Waals surface area contributed by atoms with Crippen molar-refractivity contribution in [3.8, 4) is 11.3 Å². The maximum absolute atomic E-state index is 12.2. The Morgan fingerprint density at radius 3 is 2.84 bits per heavy atom. The van der Waals surface area contributed by atoms with Crippen molar-refractivity contribution in [3.05, 3.63) is 42.1 Å². The second-order valence-electron chi connectivity index (χ2n) is 5.09. The largest absolute Gasteiger partial charge is 0.355 e. The zero-order valence-electron chi connectivity index (χ0n) is 10.9. The van der Waals surface area contributed by atoms with Gasteiger partial charge in [0, 0.05) is 24.7 Å². The molecule has 1 aromatic carbocycles. The Bertz CT molecular complexity index is 577. The molecule has 2 heterocycles. The van der Waals surface area contributed by atoms with Crippen molar-refractivity contribution in [2.75, 3.05) is 13.1 Å². The van der Waals surface area contributed by atoms with E-state index < -0.39 is 0 Å². The molecule has 0 aliphatic carbocycles. The van der Waals surface area contributed by atoms with Gasteiger partial charge in [0.05, 0.1) is 0 Å². The molecule has 19 heavy (non-hydrogen) atoms. The van der Waals surface area contributed by atoms with Crippen LogP contribution in [0.1, 0.15) is 23.8 Å². The van der Waals surface area contributed by atoms with Gasteiger partial charge < -0.3 is 9.42 Å². The molecule has 4 heteroatoms. The van der Waals surface area contributed by atoms with Crippen LogP contribution in [0.3, 0.4) is 0 Å². The second-order valence-corrected chi connectivity index (χ2v) is 5.09.